The number of rotatable bonds is 5. The van der Waals surface area contributed by atoms with E-state index in [1.807, 2.05) is 0 Å². The molecule has 6 nitrogen and oxygen atoms in total. The number of para-hydroxylation sites is 1. The van der Waals surface area contributed by atoms with Crippen LogP contribution in [-0.4, -0.2) is 12.4 Å². The second-order valence-electron chi connectivity index (χ2n) is 4.78. The molecule has 140 valence electrons. The van der Waals surface area contributed by atoms with Crippen molar-refractivity contribution in [3.8, 4) is 11.8 Å². The molecule has 0 aliphatic carbocycles. The monoisotopic (exact) mass is 383 g/mol. The predicted octanol–water partition coefficient (Wildman–Crippen LogP) is 5.34. The Balaban J connectivity index is 2.16. The molecule has 0 aromatic heterocycles. The number of benzene rings is 2. The number of nitriles is 1. The smallest absolute Gasteiger partial charge is 0.416 e. The molecule has 0 radical (unpaired) electrons. The third kappa shape index (κ3) is 6.03. The minimum atomic E-state index is -4.53. The fourth-order valence-electron chi connectivity index (χ4n) is 1.79. The number of halogens is 5. The van der Waals surface area contributed by atoms with Gasteiger partial charge in [-0.1, -0.05) is 18.2 Å². The minimum Gasteiger partial charge on any atom is -0.432 e. The van der Waals surface area contributed by atoms with Crippen LogP contribution in [0.2, 0.25) is 0 Å². The van der Waals surface area contributed by atoms with E-state index < -0.39 is 24.2 Å². The summed E-state index contributed by atoms with van der Waals surface area (Å²) in [6.07, 6.45) is -4.53. The molecule has 0 aliphatic heterocycles. The average molecular weight is 383 g/mol. The summed E-state index contributed by atoms with van der Waals surface area (Å²) in [5.41, 5.74) is 1.23. The molecule has 2 rings (SSSR count). The van der Waals surface area contributed by atoms with Crippen LogP contribution in [0.5, 0.6) is 5.75 Å². The first kappa shape index (κ1) is 19.8. The van der Waals surface area contributed by atoms with Gasteiger partial charge in [-0.2, -0.15) is 27.2 Å². The van der Waals surface area contributed by atoms with Crippen LogP contribution in [0, 0.1) is 11.3 Å². The summed E-state index contributed by atoms with van der Waals surface area (Å²) in [5, 5.41) is 19.6. The average Bonchev–Trinajstić information content (AvgIpc) is 2.62. The van der Waals surface area contributed by atoms with E-state index in [2.05, 4.69) is 25.5 Å². The quantitative estimate of drug-likeness (QED) is 0.249. The van der Waals surface area contributed by atoms with Crippen LogP contribution in [-0.2, 0) is 6.18 Å². The van der Waals surface area contributed by atoms with Gasteiger partial charge in [-0.05, 0) is 30.3 Å². The largest absolute Gasteiger partial charge is 0.432 e. The van der Waals surface area contributed by atoms with Crippen molar-refractivity contribution in [3.05, 3.63) is 54.1 Å². The zero-order valence-electron chi connectivity index (χ0n) is 13.3. The predicted molar refractivity (Wildman–Crippen MR) is 85.7 cm³/mol. The Labute approximate surface area is 149 Å². The van der Waals surface area contributed by atoms with Crippen LogP contribution >= 0.6 is 0 Å². The Hall–Kier alpha value is -3.55. The first-order chi connectivity index (χ1) is 12.8. The lowest BCUT2D eigenvalue weighted by atomic mass is 10.2. The van der Waals surface area contributed by atoms with Crippen molar-refractivity contribution in [3.63, 3.8) is 0 Å². The summed E-state index contributed by atoms with van der Waals surface area (Å²) in [6, 6.07) is 11.2. The lowest BCUT2D eigenvalue weighted by Gasteiger charge is -2.08. The first-order valence-electron chi connectivity index (χ1n) is 7.16. The molecule has 0 heterocycles. The van der Waals surface area contributed by atoms with Crippen LogP contribution in [0.25, 0.3) is 0 Å². The molecule has 11 heteroatoms. The van der Waals surface area contributed by atoms with Gasteiger partial charge in [0.25, 0.3) is 5.84 Å². The number of ether oxygens (including phenoxy) is 1. The van der Waals surface area contributed by atoms with Gasteiger partial charge in [-0.3, -0.25) is 5.43 Å². The van der Waals surface area contributed by atoms with Gasteiger partial charge in [0.15, 0.2) is 5.75 Å². The van der Waals surface area contributed by atoms with Crippen LogP contribution < -0.4 is 10.2 Å². The number of amidine groups is 1. The summed E-state index contributed by atoms with van der Waals surface area (Å²) in [5.74, 6) is -0.807. The van der Waals surface area contributed by atoms with Crippen molar-refractivity contribution < 1.29 is 26.7 Å². The van der Waals surface area contributed by atoms with Crippen LogP contribution in [0.1, 0.15) is 5.56 Å². The van der Waals surface area contributed by atoms with Crippen LogP contribution in [0.3, 0.4) is 0 Å². The maximum absolute atomic E-state index is 12.7. The SMILES string of the molecule is N#CC(N=Nc1ccccc1OC(F)F)=NNc1cccc(C(F)(F)F)c1. The highest BCUT2D eigenvalue weighted by Crippen LogP contribution is 2.31. The van der Waals surface area contributed by atoms with Crippen molar-refractivity contribution in [2.24, 2.45) is 15.3 Å². The van der Waals surface area contributed by atoms with Crippen molar-refractivity contribution in [1.29, 1.82) is 5.26 Å². The molecule has 0 aliphatic rings. The number of azo groups is 1. The van der Waals surface area contributed by atoms with E-state index >= 15 is 0 Å². The number of nitrogens with one attached hydrogen (secondary N) is 1. The maximum Gasteiger partial charge on any atom is 0.416 e. The van der Waals surface area contributed by atoms with E-state index in [1.165, 1.54) is 30.3 Å². The Morgan fingerprint density at radius 2 is 1.85 bits per heavy atom. The molecule has 0 fully saturated rings. The highest BCUT2D eigenvalue weighted by molar-refractivity contribution is 5.97. The number of hydrazone groups is 1. The summed E-state index contributed by atoms with van der Waals surface area (Å²) in [7, 11) is 0. The zero-order valence-corrected chi connectivity index (χ0v) is 13.3. The standard InChI is InChI=1S/C16H10F5N5O/c17-15(18)27-13-7-2-1-6-12(13)24-26-14(9-22)25-23-11-5-3-4-10(8-11)16(19,20)21/h1-8,15,23H. The second-order valence-corrected chi connectivity index (χ2v) is 4.78. The Kier molecular flexibility index (Phi) is 6.37. The van der Waals surface area contributed by atoms with Gasteiger partial charge in [0, 0.05) is 0 Å². The molecule has 0 saturated carbocycles. The molecule has 0 atom stereocenters. The number of hydrogen-bond acceptors (Lipinski definition) is 5. The summed E-state index contributed by atoms with van der Waals surface area (Å²) >= 11 is 0. The molecule has 0 unspecified atom stereocenters. The fourth-order valence-corrected chi connectivity index (χ4v) is 1.79. The summed E-state index contributed by atoms with van der Waals surface area (Å²) < 4.78 is 66.9. The highest BCUT2D eigenvalue weighted by Gasteiger charge is 2.30. The van der Waals surface area contributed by atoms with Crippen molar-refractivity contribution in [1.82, 2.24) is 0 Å². The van der Waals surface area contributed by atoms with Crippen LogP contribution in [0.4, 0.5) is 33.3 Å². The van der Waals surface area contributed by atoms with E-state index in [4.69, 9.17) is 5.26 Å². The first-order valence-corrected chi connectivity index (χ1v) is 7.16. The number of hydrogen-bond donors (Lipinski definition) is 1. The Morgan fingerprint density at radius 1 is 1.11 bits per heavy atom. The molecule has 0 spiro atoms. The third-order valence-corrected chi connectivity index (χ3v) is 2.91. The lowest BCUT2D eigenvalue weighted by molar-refractivity contribution is -0.137. The van der Waals surface area contributed by atoms with Gasteiger partial charge >= 0.3 is 12.8 Å². The summed E-state index contributed by atoms with van der Waals surface area (Å²) in [4.78, 5) is 0. The number of alkyl halides is 5. The van der Waals surface area contributed by atoms with E-state index in [0.717, 1.165) is 18.2 Å². The second kappa shape index (κ2) is 8.70. The van der Waals surface area contributed by atoms with Gasteiger partial charge in [-0.15, -0.1) is 15.3 Å². The van der Waals surface area contributed by atoms with Crippen LogP contribution in [0.15, 0.2) is 63.9 Å². The molecule has 2 aromatic rings. The van der Waals surface area contributed by atoms with Crippen molar-refractivity contribution >= 4 is 17.2 Å². The van der Waals surface area contributed by atoms with Gasteiger partial charge in [-0.25, -0.2) is 0 Å². The molecular formula is C16H10F5N5O. The molecule has 0 saturated heterocycles. The molecule has 2 aromatic carbocycles. The molecule has 0 bridgehead atoms. The number of anilines is 1. The maximum atomic E-state index is 12.7. The zero-order chi connectivity index (χ0) is 19.9. The normalized spacial score (nSPS) is 12.3. The molecular weight excluding hydrogens is 373 g/mol. The molecule has 0 amide bonds. The minimum absolute atomic E-state index is 0.0331. The van der Waals surface area contributed by atoms with Gasteiger partial charge in [0.05, 0.1) is 11.3 Å². The Bertz CT molecular complexity index is 889. The fraction of sp³-hybridized carbons (Fsp3) is 0.125. The topological polar surface area (TPSA) is 82.1 Å². The van der Waals surface area contributed by atoms with Crippen molar-refractivity contribution in [2.75, 3.05) is 5.43 Å². The van der Waals surface area contributed by atoms with Gasteiger partial charge in [0.2, 0.25) is 0 Å². The third-order valence-electron chi connectivity index (χ3n) is 2.91. The van der Waals surface area contributed by atoms with E-state index in [1.54, 1.807) is 6.07 Å². The van der Waals surface area contributed by atoms with E-state index in [0.29, 0.717) is 0 Å². The van der Waals surface area contributed by atoms with E-state index in [-0.39, 0.29) is 17.1 Å². The van der Waals surface area contributed by atoms with Gasteiger partial charge < -0.3 is 4.74 Å². The molecule has 27 heavy (non-hydrogen) atoms. The lowest BCUT2D eigenvalue weighted by Crippen LogP contribution is -2.05. The van der Waals surface area contributed by atoms with Crippen molar-refractivity contribution in [2.45, 2.75) is 12.8 Å². The highest BCUT2D eigenvalue weighted by atomic mass is 19.4. The number of nitrogens with zero attached hydrogens (tertiary/aromatic N) is 4. The van der Waals surface area contributed by atoms with Gasteiger partial charge in [0.1, 0.15) is 11.8 Å². The molecule has 1 N–H and O–H groups in total. The van der Waals surface area contributed by atoms with E-state index in [9.17, 15) is 22.0 Å². The Morgan fingerprint density at radius 3 is 2.52 bits per heavy atom. The summed E-state index contributed by atoms with van der Waals surface area (Å²) in [6.45, 7) is -3.08.